The van der Waals surface area contributed by atoms with E-state index in [0.717, 1.165) is 22.9 Å². The number of morpholine rings is 2. The Balaban J connectivity index is 1.49. The third-order valence-electron chi connectivity index (χ3n) is 11.4. The zero-order valence-electron chi connectivity index (χ0n) is 38.3. The smallest absolute Gasteiger partial charge is 0.302 e. The lowest BCUT2D eigenvalue weighted by Gasteiger charge is -2.34. The molecule has 67 heavy (non-hydrogen) atoms. The zero-order valence-corrected chi connectivity index (χ0v) is 39.1. The predicted molar refractivity (Wildman–Crippen MR) is 253 cm³/mol. The molecule has 2 aliphatic rings. The lowest BCUT2D eigenvalue weighted by atomic mass is 9.89. The number of carbonyl (C=O) groups excluding carboxylic acids is 4. The second-order valence-corrected chi connectivity index (χ2v) is 17.7. The van der Waals surface area contributed by atoms with Crippen molar-refractivity contribution in [1.82, 2.24) is 9.80 Å². The van der Waals surface area contributed by atoms with E-state index >= 15 is 0 Å². The fourth-order valence-corrected chi connectivity index (χ4v) is 9.28. The third-order valence-corrected chi connectivity index (χ3v) is 12.5. The summed E-state index contributed by atoms with van der Waals surface area (Å²) in [5.41, 5.74) is 3.28. The van der Waals surface area contributed by atoms with Gasteiger partial charge in [0.05, 0.1) is 69.3 Å². The van der Waals surface area contributed by atoms with Crippen LogP contribution in [0.1, 0.15) is 75.6 Å². The maximum atomic E-state index is 13.7. The summed E-state index contributed by atoms with van der Waals surface area (Å²) in [6, 6.07) is 19.9. The van der Waals surface area contributed by atoms with Gasteiger partial charge in [-0.1, -0.05) is 100 Å². The van der Waals surface area contributed by atoms with E-state index in [-0.39, 0.29) is 96.9 Å². The summed E-state index contributed by atoms with van der Waals surface area (Å²) in [6.45, 7) is 11.7. The molecule has 2 unspecified atom stereocenters. The van der Waals surface area contributed by atoms with Crippen LogP contribution in [0.4, 0.5) is 11.4 Å². The molecular formula is C50H54N4O12S. The number of hydrogen-bond acceptors (Lipinski definition) is 13. The molecule has 2 fully saturated rings. The van der Waals surface area contributed by atoms with Crippen molar-refractivity contribution in [3.8, 4) is 22.3 Å². The van der Waals surface area contributed by atoms with E-state index in [4.69, 9.17) is 18.9 Å². The van der Waals surface area contributed by atoms with E-state index in [0.29, 0.717) is 22.3 Å². The molecule has 6 rings (SSSR count). The van der Waals surface area contributed by atoms with Gasteiger partial charge in [0, 0.05) is 39.1 Å². The van der Waals surface area contributed by atoms with Gasteiger partial charge in [0.1, 0.15) is 13.2 Å². The molecule has 4 aromatic rings. The lowest BCUT2D eigenvalue weighted by Crippen LogP contribution is -2.50. The van der Waals surface area contributed by atoms with E-state index < -0.39 is 45.7 Å². The van der Waals surface area contributed by atoms with Crippen molar-refractivity contribution in [2.45, 2.75) is 75.3 Å². The Hall–Kier alpha value is -6.69. The van der Waals surface area contributed by atoms with Gasteiger partial charge in [-0.05, 0) is 69.5 Å². The molecule has 0 N–H and O–H groups in total. The van der Waals surface area contributed by atoms with Crippen molar-refractivity contribution in [3.63, 3.8) is 0 Å². The number of nitro benzene ring substituents is 2. The molecule has 0 aliphatic carbocycles. The molecule has 2 heterocycles. The average Bonchev–Trinajstić information content (AvgIpc) is 3.31. The van der Waals surface area contributed by atoms with E-state index in [1.54, 1.807) is 36.4 Å². The van der Waals surface area contributed by atoms with Gasteiger partial charge in [-0.25, -0.2) is 0 Å². The summed E-state index contributed by atoms with van der Waals surface area (Å²) < 4.78 is 21.5. The molecule has 4 aromatic carbocycles. The van der Waals surface area contributed by atoms with Crippen LogP contribution in [0.25, 0.3) is 34.4 Å². The first kappa shape index (κ1) is 49.7. The summed E-state index contributed by atoms with van der Waals surface area (Å²) in [6.07, 6.45) is 5.71. The minimum Gasteiger partial charge on any atom is -0.464 e. The monoisotopic (exact) mass is 934 g/mol. The van der Waals surface area contributed by atoms with E-state index in [1.165, 1.54) is 60.1 Å². The number of hydrogen-bond donors (Lipinski definition) is 0. The second kappa shape index (κ2) is 22.7. The van der Waals surface area contributed by atoms with Crippen LogP contribution in [-0.4, -0.2) is 108 Å². The molecule has 0 aromatic heterocycles. The Morgan fingerprint density at radius 2 is 1.04 bits per heavy atom. The van der Waals surface area contributed by atoms with Crippen LogP contribution in [0.5, 0.6) is 0 Å². The number of esters is 2. The van der Waals surface area contributed by atoms with Gasteiger partial charge in [-0.2, -0.15) is 0 Å². The van der Waals surface area contributed by atoms with Crippen molar-refractivity contribution >= 4 is 59.0 Å². The van der Waals surface area contributed by atoms with Crippen LogP contribution < -0.4 is 0 Å². The van der Waals surface area contributed by atoms with Gasteiger partial charge >= 0.3 is 11.9 Å². The molecule has 16 nitrogen and oxygen atoms in total. The number of nitrogens with zero attached hydrogens (tertiary/aromatic N) is 4. The SMILES string of the molecule is CC(=O)OCC1COCCN1C(=O)C=Cc1ccc(Sc2ccc(C=CC(=O)N3CCOCC3COC(C)=O)c(-c3ccccc3C(C)C)c2[N+](=O)[O-])c([N+](=O)[O-])c1-c1ccccc1C(C)C. The highest BCUT2D eigenvalue weighted by atomic mass is 32.2. The third kappa shape index (κ3) is 12.0. The molecule has 0 spiro atoms. The summed E-state index contributed by atoms with van der Waals surface area (Å²) in [5.74, 6) is -1.94. The fourth-order valence-electron chi connectivity index (χ4n) is 8.23. The first-order valence-electron chi connectivity index (χ1n) is 22.0. The number of nitro groups is 2. The van der Waals surface area contributed by atoms with Crippen molar-refractivity contribution in [3.05, 3.63) is 127 Å². The number of carbonyl (C=O) groups is 4. The topological polar surface area (TPSA) is 198 Å². The molecule has 0 saturated carbocycles. The van der Waals surface area contributed by atoms with E-state index in [1.807, 2.05) is 52.0 Å². The largest absolute Gasteiger partial charge is 0.464 e. The first-order valence-corrected chi connectivity index (χ1v) is 22.8. The minimum absolute atomic E-state index is 0.0561. The van der Waals surface area contributed by atoms with Crippen molar-refractivity contribution < 1.29 is 48.0 Å². The van der Waals surface area contributed by atoms with Crippen molar-refractivity contribution in [2.24, 2.45) is 0 Å². The fraction of sp³-hybridized carbons (Fsp3) is 0.360. The van der Waals surface area contributed by atoms with Crippen LogP contribution in [-0.2, 0) is 38.1 Å². The number of rotatable bonds is 16. The van der Waals surface area contributed by atoms with E-state index in [2.05, 4.69) is 0 Å². The van der Waals surface area contributed by atoms with Crippen LogP contribution in [0, 0.1) is 20.2 Å². The van der Waals surface area contributed by atoms with Crippen LogP contribution in [0.2, 0.25) is 0 Å². The number of benzene rings is 4. The van der Waals surface area contributed by atoms with Crippen molar-refractivity contribution in [1.29, 1.82) is 0 Å². The molecule has 2 atom stereocenters. The Bertz CT molecular complexity index is 2420. The zero-order chi connectivity index (χ0) is 48.4. The average molecular weight is 935 g/mol. The van der Waals surface area contributed by atoms with Crippen LogP contribution in [0.15, 0.2) is 94.7 Å². The normalized spacial score (nSPS) is 16.5. The Kier molecular flexibility index (Phi) is 16.8. The molecule has 0 radical (unpaired) electrons. The van der Waals surface area contributed by atoms with Crippen LogP contribution in [0.3, 0.4) is 0 Å². The highest BCUT2D eigenvalue weighted by molar-refractivity contribution is 7.99. The number of ether oxygens (including phenoxy) is 4. The minimum atomic E-state index is -0.532. The first-order chi connectivity index (χ1) is 32.1. The molecule has 2 aliphatic heterocycles. The molecule has 2 saturated heterocycles. The molecule has 352 valence electrons. The molecule has 2 amide bonds. The summed E-state index contributed by atoms with van der Waals surface area (Å²) in [7, 11) is 0. The predicted octanol–water partition coefficient (Wildman–Crippen LogP) is 8.84. The van der Waals surface area contributed by atoms with Crippen LogP contribution >= 0.6 is 11.8 Å². The highest BCUT2D eigenvalue weighted by Crippen LogP contribution is 2.50. The lowest BCUT2D eigenvalue weighted by molar-refractivity contribution is -0.387. The molecule has 0 bridgehead atoms. The van der Waals surface area contributed by atoms with Gasteiger partial charge in [0.15, 0.2) is 0 Å². The quantitative estimate of drug-likeness (QED) is 0.0447. The summed E-state index contributed by atoms with van der Waals surface area (Å²) >= 11 is 0.879. The Morgan fingerprint density at radius 3 is 1.40 bits per heavy atom. The summed E-state index contributed by atoms with van der Waals surface area (Å²) in [4.78, 5) is 79.9. The van der Waals surface area contributed by atoms with Gasteiger partial charge in [-0.3, -0.25) is 39.4 Å². The second-order valence-electron chi connectivity index (χ2n) is 16.6. The maximum absolute atomic E-state index is 13.7. The molecular weight excluding hydrogens is 881 g/mol. The maximum Gasteiger partial charge on any atom is 0.302 e. The Morgan fingerprint density at radius 1 is 0.657 bits per heavy atom. The Labute approximate surface area is 393 Å². The van der Waals surface area contributed by atoms with Gasteiger partial charge in [0.25, 0.3) is 11.4 Å². The molecule has 17 heteroatoms. The van der Waals surface area contributed by atoms with Gasteiger partial charge < -0.3 is 28.7 Å². The van der Waals surface area contributed by atoms with Gasteiger partial charge in [0.2, 0.25) is 11.8 Å². The standard InChI is InChI=1S/C50H54N4O12S/c1-31(2)39-11-7-9-13-41(39)47-35(17-21-45(57)51-23-25-63-27-37(51)29-65-33(5)55)15-19-43(49(47)53(59)60)67-44-20-16-36(18-22-46(58)52-24-26-64-28-38(52)30-66-34(6)56)48(50(44)54(61)62)42-14-10-8-12-40(42)32(3)4/h7-22,31-32,37-38H,23-30H2,1-6H3. The van der Waals surface area contributed by atoms with Crippen molar-refractivity contribution in [2.75, 3.05) is 52.7 Å². The van der Waals surface area contributed by atoms with Gasteiger partial charge in [-0.15, -0.1) is 0 Å². The van der Waals surface area contributed by atoms with E-state index in [9.17, 15) is 39.4 Å². The number of amides is 2. The highest BCUT2D eigenvalue weighted by Gasteiger charge is 2.33. The summed E-state index contributed by atoms with van der Waals surface area (Å²) in [5, 5.41) is 27.0.